The van der Waals surface area contributed by atoms with Crippen LogP contribution in [0.2, 0.25) is 0 Å². The zero-order chi connectivity index (χ0) is 17.1. The lowest BCUT2D eigenvalue weighted by Gasteiger charge is -2.02. The highest BCUT2D eigenvalue weighted by Gasteiger charge is 2.11. The summed E-state index contributed by atoms with van der Waals surface area (Å²) in [6, 6.07) is 14.4. The number of nitro groups is 1. The van der Waals surface area contributed by atoms with Crippen LogP contribution in [0.1, 0.15) is 21.6 Å². The van der Waals surface area contributed by atoms with Gasteiger partial charge in [0.15, 0.2) is 0 Å². The van der Waals surface area contributed by atoms with Gasteiger partial charge in [-0.1, -0.05) is 36.4 Å². The van der Waals surface area contributed by atoms with Gasteiger partial charge in [-0.15, -0.1) is 0 Å². The van der Waals surface area contributed by atoms with Crippen molar-refractivity contribution >= 4 is 34.7 Å². The van der Waals surface area contributed by atoms with E-state index in [4.69, 9.17) is 0 Å². The number of fused-ring (bicyclic) bond motifs is 1. The Morgan fingerprint density at radius 3 is 2.42 bits per heavy atom. The third-order valence-electron chi connectivity index (χ3n) is 3.52. The molecule has 3 rings (SSSR count). The van der Waals surface area contributed by atoms with Gasteiger partial charge in [-0.25, -0.2) is 4.98 Å². The Morgan fingerprint density at radius 1 is 1.00 bits per heavy atom. The zero-order valence-corrected chi connectivity index (χ0v) is 12.4. The SMILES string of the molecule is O=C([O-])c1ccc(/C=C/c2ccc3c([N+](=O)[O-])cccc3n2)cc1. The van der Waals surface area contributed by atoms with Gasteiger partial charge in [0.2, 0.25) is 0 Å². The van der Waals surface area contributed by atoms with Crippen molar-refractivity contribution in [3.05, 3.63) is 81.5 Å². The molecule has 24 heavy (non-hydrogen) atoms. The Balaban J connectivity index is 1.90. The van der Waals surface area contributed by atoms with Crippen LogP contribution in [0.3, 0.4) is 0 Å². The summed E-state index contributed by atoms with van der Waals surface area (Å²) >= 11 is 0. The number of hydrogen-bond acceptors (Lipinski definition) is 5. The molecule has 0 N–H and O–H groups in total. The largest absolute Gasteiger partial charge is 0.545 e. The van der Waals surface area contributed by atoms with Gasteiger partial charge in [-0.05, 0) is 35.4 Å². The Labute approximate surface area is 136 Å². The van der Waals surface area contributed by atoms with E-state index in [0.29, 0.717) is 16.6 Å². The molecule has 0 fully saturated rings. The number of pyridine rings is 1. The lowest BCUT2D eigenvalue weighted by atomic mass is 10.1. The molecule has 0 spiro atoms. The lowest BCUT2D eigenvalue weighted by molar-refractivity contribution is -0.383. The molecular formula is C18H11N2O4-. The summed E-state index contributed by atoms with van der Waals surface area (Å²) in [5.74, 6) is -1.22. The summed E-state index contributed by atoms with van der Waals surface area (Å²) in [5.41, 5.74) is 2.13. The molecule has 118 valence electrons. The third-order valence-corrected chi connectivity index (χ3v) is 3.52. The Morgan fingerprint density at radius 2 is 1.75 bits per heavy atom. The third kappa shape index (κ3) is 3.12. The maximum Gasteiger partial charge on any atom is 0.278 e. The summed E-state index contributed by atoms with van der Waals surface area (Å²) in [4.78, 5) is 25.7. The first-order valence-electron chi connectivity index (χ1n) is 7.08. The summed E-state index contributed by atoms with van der Waals surface area (Å²) < 4.78 is 0. The fraction of sp³-hybridized carbons (Fsp3) is 0. The number of carbonyl (C=O) groups excluding carboxylic acids is 1. The van der Waals surface area contributed by atoms with Gasteiger partial charge in [-0.2, -0.15) is 0 Å². The van der Waals surface area contributed by atoms with E-state index in [-0.39, 0.29) is 11.3 Å². The second-order valence-corrected chi connectivity index (χ2v) is 5.08. The predicted octanol–water partition coefficient (Wildman–Crippen LogP) is 2.68. The molecule has 0 aliphatic heterocycles. The van der Waals surface area contributed by atoms with E-state index >= 15 is 0 Å². The van der Waals surface area contributed by atoms with Crippen molar-refractivity contribution in [3.8, 4) is 0 Å². The lowest BCUT2D eigenvalue weighted by Crippen LogP contribution is -2.21. The zero-order valence-electron chi connectivity index (χ0n) is 12.4. The van der Waals surface area contributed by atoms with E-state index in [2.05, 4.69) is 4.98 Å². The second kappa shape index (κ2) is 6.29. The van der Waals surface area contributed by atoms with Gasteiger partial charge in [0.05, 0.1) is 27.5 Å². The van der Waals surface area contributed by atoms with Crippen LogP contribution in [-0.4, -0.2) is 15.9 Å². The van der Waals surface area contributed by atoms with Crippen LogP contribution < -0.4 is 5.11 Å². The second-order valence-electron chi connectivity index (χ2n) is 5.08. The molecule has 0 aliphatic carbocycles. The molecule has 0 saturated heterocycles. The van der Waals surface area contributed by atoms with Crippen molar-refractivity contribution in [3.63, 3.8) is 0 Å². The molecule has 6 heteroatoms. The molecule has 3 aromatic rings. The first-order chi connectivity index (χ1) is 11.5. The number of benzene rings is 2. The minimum absolute atomic E-state index is 0.0217. The van der Waals surface area contributed by atoms with Crippen molar-refractivity contribution in [2.24, 2.45) is 0 Å². The van der Waals surface area contributed by atoms with Crippen molar-refractivity contribution in [1.29, 1.82) is 0 Å². The summed E-state index contributed by atoms with van der Waals surface area (Å²) in [7, 11) is 0. The van der Waals surface area contributed by atoms with E-state index in [9.17, 15) is 20.0 Å². The minimum Gasteiger partial charge on any atom is -0.545 e. The number of rotatable bonds is 4. The number of aromatic nitrogens is 1. The smallest absolute Gasteiger partial charge is 0.278 e. The van der Waals surface area contributed by atoms with Gasteiger partial charge >= 0.3 is 0 Å². The Hall–Kier alpha value is -3.54. The standard InChI is InChI=1S/C18H12N2O4/c21-18(22)13-7-4-12(5-8-13)6-9-14-10-11-15-16(19-14)2-1-3-17(15)20(23)24/h1-11H,(H,21,22)/p-1/b9-6+. The minimum atomic E-state index is -1.22. The van der Waals surface area contributed by atoms with Gasteiger partial charge < -0.3 is 9.90 Å². The van der Waals surface area contributed by atoms with E-state index in [0.717, 1.165) is 5.56 Å². The Bertz CT molecular complexity index is 962. The fourth-order valence-electron chi connectivity index (χ4n) is 2.32. The molecule has 0 aliphatic rings. The highest BCUT2D eigenvalue weighted by Crippen LogP contribution is 2.24. The van der Waals surface area contributed by atoms with Crippen LogP contribution in [0.5, 0.6) is 0 Å². The number of non-ortho nitro benzene ring substituents is 1. The number of aromatic carboxylic acids is 1. The van der Waals surface area contributed by atoms with Gasteiger partial charge in [-0.3, -0.25) is 10.1 Å². The van der Waals surface area contributed by atoms with Crippen molar-refractivity contribution in [2.45, 2.75) is 0 Å². The van der Waals surface area contributed by atoms with Crippen LogP contribution in [0.25, 0.3) is 23.1 Å². The van der Waals surface area contributed by atoms with Crippen LogP contribution >= 0.6 is 0 Å². The number of nitrogens with zero attached hydrogens (tertiary/aromatic N) is 2. The summed E-state index contributed by atoms with van der Waals surface area (Å²) in [5, 5.41) is 22.2. The average molecular weight is 319 g/mol. The van der Waals surface area contributed by atoms with Crippen molar-refractivity contribution in [1.82, 2.24) is 4.98 Å². The molecule has 0 unspecified atom stereocenters. The summed E-state index contributed by atoms with van der Waals surface area (Å²) in [6.07, 6.45) is 3.54. The Kier molecular flexibility index (Phi) is 4.03. The van der Waals surface area contributed by atoms with Crippen LogP contribution in [0, 0.1) is 10.1 Å². The highest BCUT2D eigenvalue weighted by molar-refractivity contribution is 5.89. The maximum absolute atomic E-state index is 11.0. The molecule has 0 amide bonds. The van der Waals surface area contributed by atoms with E-state index in [1.54, 1.807) is 48.6 Å². The van der Waals surface area contributed by atoms with Gasteiger partial charge in [0, 0.05) is 6.07 Å². The molecule has 0 atom stereocenters. The molecule has 0 bridgehead atoms. The van der Waals surface area contributed by atoms with Crippen LogP contribution in [-0.2, 0) is 0 Å². The maximum atomic E-state index is 11.0. The highest BCUT2D eigenvalue weighted by atomic mass is 16.6. The predicted molar refractivity (Wildman–Crippen MR) is 88.1 cm³/mol. The molecule has 2 aromatic carbocycles. The molecule has 1 heterocycles. The number of carboxylic acid groups (broad SMARTS) is 1. The molecule has 0 saturated carbocycles. The van der Waals surface area contributed by atoms with Crippen molar-refractivity contribution < 1.29 is 14.8 Å². The molecule has 1 aromatic heterocycles. The molecular weight excluding hydrogens is 308 g/mol. The number of carboxylic acids is 1. The number of hydrogen-bond donors (Lipinski definition) is 0. The van der Waals surface area contributed by atoms with Crippen LogP contribution in [0.15, 0.2) is 54.6 Å². The summed E-state index contributed by atoms with van der Waals surface area (Å²) in [6.45, 7) is 0. The normalized spacial score (nSPS) is 11.0. The molecule has 6 nitrogen and oxygen atoms in total. The first kappa shape index (κ1) is 15.4. The quantitative estimate of drug-likeness (QED) is 0.544. The number of carbonyl (C=O) groups is 1. The fourth-order valence-corrected chi connectivity index (χ4v) is 2.32. The van der Waals surface area contributed by atoms with E-state index in [1.165, 1.54) is 18.2 Å². The monoisotopic (exact) mass is 319 g/mol. The first-order valence-corrected chi connectivity index (χ1v) is 7.08. The topological polar surface area (TPSA) is 96.2 Å². The van der Waals surface area contributed by atoms with Crippen LogP contribution in [0.4, 0.5) is 5.69 Å². The van der Waals surface area contributed by atoms with Gasteiger partial charge in [0.1, 0.15) is 0 Å². The number of nitro benzene ring substituents is 1. The van der Waals surface area contributed by atoms with Gasteiger partial charge in [0.25, 0.3) is 5.69 Å². The van der Waals surface area contributed by atoms with E-state index < -0.39 is 10.9 Å². The van der Waals surface area contributed by atoms with Crippen molar-refractivity contribution in [2.75, 3.05) is 0 Å². The molecule has 0 radical (unpaired) electrons. The van der Waals surface area contributed by atoms with E-state index in [1.807, 2.05) is 0 Å². The average Bonchev–Trinajstić information content (AvgIpc) is 2.59.